The van der Waals surface area contributed by atoms with Crippen LogP contribution in [-0.4, -0.2) is 0 Å². The summed E-state index contributed by atoms with van der Waals surface area (Å²) in [6, 6.07) is 0. The van der Waals surface area contributed by atoms with Crippen molar-refractivity contribution in [3.8, 4) is 11.8 Å². The first-order chi connectivity index (χ1) is 6.92. The Morgan fingerprint density at radius 1 is 1.29 bits per heavy atom. The maximum atomic E-state index is 5.31. The number of ether oxygens (including phenoxy) is 2. The fourth-order valence-corrected chi connectivity index (χ4v) is 1.14. The first-order valence-electron chi connectivity index (χ1n) is 4.15. The Kier molecular flexibility index (Phi) is 2.24. The van der Waals surface area contributed by atoms with Crippen LogP contribution in [0.1, 0.15) is 0 Å². The molecule has 0 aromatic rings. The molecule has 0 saturated heterocycles. The van der Waals surface area contributed by atoms with Gasteiger partial charge in [0.15, 0.2) is 11.5 Å². The third-order valence-corrected chi connectivity index (χ3v) is 1.72. The molecule has 0 aromatic carbocycles. The van der Waals surface area contributed by atoms with E-state index >= 15 is 0 Å². The van der Waals surface area contributed by atoms with E-state index in [0.717, 1.165) is 5.57 Å². The average Bonchev–Trinajstić information content (AvgIpc) is 2.26. The molecule has 0 aromatic heterocycles. The standard InChI is InChI=1S/C12H8O2/c1-2-3-5-10-7-9-13-11-6-4-8-14-12(10)11/h2,4,6-9H,1H2. The van der Waals surface area contributed by atoms with Crippen LogP contribution >= 0.6 is 0 Å². The molecule has 0 radical (unpaired) electrons. The number of fused-ring (bicyclic) bond motifs is 1. The van der Waals surface area contributed by atoms with Gasteiger partial charge >= 0.3 is 0 Å². The van der Waals surface area contributed by atoms with Crippen LogP contribution in [0.2, 0.25) is 0 Å². The molecule has 2 heterocycles. The zero-order valence-corrected chi connectivity index (χ0v) is 7.49. The summed E-state index contributed by atoms with van der Waals surface area (Å²) >= 11 is 0. The molecule has 0 bridgehead atoms. The van der Waals surface area contributed by atoms with Crippen LogP contribution in [0.5, 0.6) is 0 Å². The average molecular weight is 184 g/mol. The Labute approximate surface area is 82.5 Å². The Morgan fingerprint density at radius 3 is 3.07 bits per heavy atom. The molecule has 0 N–H and O–H groups in total. The highest BCUT2D eigenvalue weighted by Gasteiger charge is 2.16. The van der Waals surface area contributed by atoms with Gasteiger partial charge in [-0.1, -0.05) is 18.4 Å². The van der Waals surface area contributed by atoms with Crippen LogP contribution in [0, 0.1) is 11.8 Å². The number of rotatable bonds is 0. The lowest BCUT2D eigenvalue weighted by Gasteiger charge is -2.17. The minimum atomic E-state index is 0.657. The molecular formula is C12H8O2. The van der Waals surface area contributed by atoms with Crippen molar-refractivity contribution < 1.29 is 9.47 Å². The molecule has 2 aliphatic heterocycles. The first kappa shape index (κ1) is 8.46. The fraction of sp³-hybridized carbons (Fsp3) is 0. The van der Waals surface area contributed by atoms with Crippen molar-refractivity contribution >= 4 is 0 Å². The maximum Gasteiger partial charge on any atom is 0.184 e. The van der Waals surface area contributed by atoms with Crippen LogP contribution < -0.4 is 0 Å². The van der Waals surface area contributed by atoms with Gasteiger partial charge < -0.3 is 9.47 Å². The van der Waals surface area contributed by atoms with Crippen molar-refractivity contribution in [1.82, 2.24) is 0 Å². The predicted molar refractivity (Wildman–Crippen MR) is 53.5 cm³/mol. The zero-order valence-electron chi connectivity index (χ0n) is 7.49. The minimum Gasteiger partial charge on any atom is -0.461 e. The van der Waals surface area contributed by atoms with Crippen molar-refractivity contribution in [3.63, 3.8) is 0 Å². The van der Waals surface area contributed by atoms with Gasteiger partial charge in [0.1, 0.15) is 0 Å². The van der Waals surface area contributed by atoms with E-state index in [0.29, 0.717) is 11.5 Å². The molecule has 0 atom stereocenters. The fourth-order valence-electron chi connectivity index (χ4n) is 1.14. The molecule has 0 spiro atoms. The highest BCUT2D eigenvalue weighted by Crippen LogP contribution is 2.25. The first-order valence-corrected chi connectivity index (χ1v) is 4.15. The van der Waals surface area contributed by atoms with E-state index in [9.17, 15) is 0 Å². The zero-order chi connectivity index (χ0) is 9.80. The number of allylic oxidation sites excluding steroid dienone is 5. The molecule has 2 rings (SSSR count). The molecule has 0 amide bonds. The smallest absolute Gasteiger partial charge is 0.184 e. The molecule has 68 valence electrons. The molecule has 0 unspecified atom stereocenters. The van der Waals surface area contributed by atoms with Crippen LogP contribution in [0.4, 0.5) is 0 Å². The Bertz CT molecular complexity index is 437. The lowest BCUT2D eigenvalue weighted by molar-refractivity contribution is 0.261. The van der Waals surface area contributed by atoms with Crippen LogP contribution in [0.15, 0.2) is 60.5 Å². The van der Waals surface area contributed by atoms with E-state index in [1.165, 1.54) is 0 Å². The predicted octanol–water partition coefficient (Wildman–Crippen LogP) is 2.40. The van der Waals surface area contributed by atoms with Crippen LogP contribution in [0.3, 0.4) is 0 Å². The summed E-state index contributed by atoms with van der Waals surface area (Å²) in [6.45, 7) is 3.53. The number of hydrogen-bond acceptors (Lipinski definition) is 2. The lowest BCUT2D eigenvalue weighted by atomic mass is 10.1. The summed E-state index contributed by atoms with van der Waals surface area (Å²) in [4.78, 5) is 0. The summed E-state index contributed by atoms with van der Waals surface area (Å²) in [5, 5.41) is 0. The van der Waals surface area contributed by atoms with E-state index in [2.05, 4.69) is 18.4 Å². The van der Waals surface area contributed by atoms with E-state index < -0.39 is 0 Å². The van der Waals surface area contributed by atoms with Gasteiger partial charge in [-0.05, 0) is 24.3 Å². The van der Waals surface area contributed by atoms with Gasteiger partial charge in [0, 0.05) is 0 Å². The van der Waals surface area contributed by atoms with Gasteiger partial charge in [-0.2, -0.15) is 0 Å². The lowest BCUT2D eigenvalue weighted by Crippen LogP contribution is -2.04. The van der Waals surface area contributed by atoms with Crippen molar-refractivity contribution in [2.75, 3.05) is 0 Å². The third kappa shape index (κ3) is 1.48. The Balaban J connectivity index is 2.42. The molecule has 0 fully saturated rings. The topological polar surface area (TPSA) is 18.5 Å². The number of hydrogen-bond donors (Lipinski definition) is 0. The van der Waals surface area contributed by atoms with Gasteiger partial charge in [0.05, 0.1) is 18.1 Å². The second-order valence-electron chi connectivity index (χ2n) is 2.61. The molecule has 2 nitrogen and oxygen atoms in total. The van der Waals surface area contributed by atoms with Crippen molar-refractivity contribution in [3.05, 3.63) is 60.5 Å². The summed E-state index contributed by atoms with van der Waals surface area (Å²) < 4.78 is 10.6. The van der Waals surface area contributed by atoms with E-state index in [1.807, 2.05) is 6.08 Å². The van der Waals surface area contributed by atoms with Gasteiger partial charge in [-0.25, -0.2) is 0 Å². The van der Waals surface area contributed by atoms with Crippen molar-refractivity contribution in [1.29, 1.82) is 0 Å². The van der Waals surface area contributed by atoms with Gasteiger partial charge in [0.25, 0.3) is 0 Å². The molecule has 14 heavy (non-hydrogen) atoms. The van der Waals surface area contributed by atoms with Crippen molar-refractivity contribution in [2.45, 2.75) is 0 Å². The summed E-state index contributed by atoms with van der Waals surface area (Å²) in [5.74, 6) is 7.02. The normalized spacial score (nSPS) is 17.0. The summed E-state index contributed by atoms with van der Waals surface area (Å²) in [6.07, 6.45) is 10.1. The van der Waals surface area contributed by atoms with Crippen LogP contribution in [-0.2, 0) is 9.47 Å². The highest BCUT2D eigenvalue weighted by molar-refractivity contribution is 5.50. The third-order valence-electron chi connectivity index (χ3n) is 1.72. The van der Waals surface area contributed by atoms with E-state index in [-0.39, 0.29) is 0 Å². The van der Waals surface area contributed by atoms with Gasteiger partial charge in [-0.15, -0.1) is 0 Å². The molecule has 2 heteroatoms. The quantitative estimate of drug-likeness (QED) is 0.538. The van der Waals surface area contributed by atoms with E-state index in [4.69, 9.17) is 9.47 Å². The molecular weight excluding hydrogens is 176 g/mol. The minimum absolute atomic E-state index is 0.657. The monoisotopic (exact) mass is 184 g/mol. The Hall–Kier alpha value is -2.14. The van der Waals surface area contributed by atoms with Crippen LogP contribution in [0.25, 0.3) is 0 Å². The summed E-state index contributed by atoms with van der Waals surface area (Å²) in [5.41, 5.74) is 0.798. The summed E-state index contributed by atoms with van der Waals surface area (Å²) in [7, 11) is 0. The second kappa shape index (κ2) is 3.71. The Morgan fingerprint density at radius 2 is 2.21 bits per heavy atom. The highest BCUT2D eigenvalue weighted by atomic mass is 16.5. The SMILES string of the molecule is C=CC#CC1=C2OC=CC=C2OC=C1. The second-order valence-corrected chi connectivity index (χ2v) is 2.61. The molecule has 0 aliphatic carbocycles. The maximum absolute atomic E-state index is 5.31. The van der Waals surface area contributed by atoms with Gasteiger partial charge in [-0.3, -0.25) is 0 Å². The van der Waals surface area contributed by atoms with E-state index in [1.54, 1.807) is 30.8 Å². The van der Waals surface area contributed by atoms with Crippen molar-refractivity contribution in [2.24, 2.45) is 0 Å². The molecule has 2 aliphatic rings. The largest absolute Gasteiger partial charge is 0.461 e. The van der Waals surface area contributed by atoms with Gasteiger partial charge in [0.2, 0.25) is 0 Å². The molecule has 0 saturated carbocycles.